The molecular formula is C21H22N+. The molecule has 1 fully saturated rings. The van der Waals surface area contributed by atoms with Crippen LogP contribution in [0.25, 0.3) is 16.7 Å². The highest BCUT2D eigenvalue weighted by Crippen LogP contribution is 2.43. The highest BCUT2D eigenvalue weighted by Gasteiger charge is 2.21. The average Bonchev–Trinajstić information content (AvgIpc) is 2.91. The second-order valence-corrected chi connectivity index (χ2v) is 6.25. The molecule has 0 aromatic heterocycles. The molecule has 1 heteroatoms. The van der Waals surface area contributed by atoms with Crippen molar-refractivity contribution in [3.63, 3.8) is 0 Å². The zero-order chi connectivity index (χ0) is 14.8. The third-order valence-corrected chi connectivity index (χ3v) is 4.82. The highest BCUT2D eigenvalue weighted by atomic mass is 15.1. The minimum Gasteiger partial charge on any atom is -0.309 e. The Kier molecular flexibility index (Phi) is 3.65. The fraction of sp³-hybridized carbons (Fsp3) is 0.238. The van der Waals surface area contributed by atoms with E-state index in [0.29, 0.717) is 0 Å². The first-order valence-electron chi connectivity index (χ1n) is 8.36. The first kappa shape index (κ1) is 13.5. The van der Waals surface area contributed by atoms with Crippen molar-refractivity contribution in [3.05, 3.63) is 78.0 Å². The Balaban J connectivity index is 1.69. The minimum atomic E-state index is 1.28. The number of hydrogen-bond acceptors (Lipinski definition) is 0. The fourth-order valence-corrected chi connectivity index (χ4v) is 3.68. The zero-order valence-corrected chi connectivity index (χ0v) is 12.9. The van der Waals surface area contributed by atoms with Crippen molar-refractivity contribution >= 4 is 5.57 Å². The van der Waals surface area contributed by atoms with Crippen molar-refractivity contribution in [2.45, 2.75) is 19.3 Å². The van der Waals surface area contributed by atoms with Crippen LogP contribution in [0.3, 0.4) is 0 Å². The van der Waals surface area contributed by atoms with Gasteiger partial charge in [-0.25, -0.2) is 0 Å². The lowest BCUT2D eigenvalue weighted by Gasteiger charge is -2.18. The second kappa shape index (κ2) is 5.94. The van der Waals surface area contributed by atoms with E-state index >= 15 is 0 Å². The van der Waals surface area contributed by atoms with E-state index in [9.17, 15) is 0 Å². The highest BCUT2D eigenvalue weighted by molar-refractivity contribution is 6.01. The third kappa shape index (κ3) is 2.42. The normalized spacial score (nSPS) is 17.5. The van der Waals surface area contributed by atoms with Crippen LogP contribution in [0.4, 0.5) is 0 Å². The number of nitrogens with one attached hydrogen (secondary N) is 1. The van der Waals surface area contributed by atoms with E-state index < -0.39 is 0 Å². The summed E-state index contributed by atoms with van der Waals surface area (Å²) in [6.07, 6.45) is 11.0. The predicted octanol–water partition coefficient (Wildman–Crippen LogP) is 3.68. The third-order valence-electron chi connectivity index (χ3n) is 4.82. The first-order valence-corrected chi connectivity index (χ1v) is 8.36. The van der Waals surface area contributed by atoms with E-state index in [1.54, 1.807) is 4.90 Å². The van der Waals surface area contributed by atoms with Crippen molar-refractivity contribution in [1.82, 2.24) is 0 Å². The Morgan fingerprint density at radius 1 is 0.682 bits per heavy atom. The van der Waals surface area contributed by atoms with Gasteiger partial charge in [0.1, 0.15) is 0 Å². The van der Waals surface area contributed by atoms with Crippen LogP contribution in [-0.4, -0.2) is 13.1 Å². The molecule has 1 N–H and O–H groups in total. The van der Waals surface area contributed by atoms with E-state index in [2.05, 4.69) is 66.9 Å². The molecule has 1 saturated heterocycles. The maximum Gasteiger partial charge on any atom is 0.0942 e. The largest absolute Gasteiger partial charge is 0.309 e. The molecule has 0 amide bonds. The molecule has 0 saturated carbocycles. The van der Waals surface area contributed by atoms with Gasteiger partial charge in [-0.05, 0) is 59.2 Å². The number of rotatable bonds is 2. The number of benzene rings is 2. The topological polar surface area (TPSA) is 4.44 Å². The Bertz CT molecular complexity index is 686. The Hall–Kier alpha value is -2.12. The summed E-state index contributed by atoms with van der Waals surface area (Å²) in [4.78, 5) is 1.61. The molecule has 0 atom stereocenters. The van der Waals surface area contributed by atoms with Crippen LogP contribution in [0, 0.1) is 0 Å². The molecule has 0 radical (unpaired) electrons. The summed E-state index contributed by atoms with van der Waals surface area (Å²) in [5.74, 6) is 0. The second-order valence-electron chi connectivity index (χ2n) is 6.25. The molecular weight excluding hydrogens is 266 g/mol. The quantitative estimate of drug-likeness (QED) is 0.733. The molecule has 2 aromatic rings. The van der Waals surface area contributed by atoms with Gasteiger partial charge in [-0.1, -0.05) is 48.5 Å². The van der Waals surface area contributed by atoms with Crippen molar-refractivity contribution in [2.24, 2.45) is 0 Å². The number of fused-ring (bicyclic) bond motifs is 3. The molecule has 2 aromatic carbocycles. The minimum absolute atomic E-state index is 1.28. The van der Waals surface area contributed by atoms with E-state index in [-0.39, 0.29) is 0 Å². The van der Waals surface area contributed by atoms with Crippen molar-refractivity contribution in [1.29, 1.82) is 0 Å². The van der Waals surface area contributed by atoms with Gasteiger partial charge in [0.05, 0.1) is 19.3 Å². The number of hydrogen-bond donors (Lipinski definition) is 1. The molecule has 110 valence electrons. The first-order chi connectivity index (χ1) is 10.9. The predicted molar refractivity (Wildman–Crippen MR) is 92.6 cm³/mol. The maximum absolute atomic E-state index is 2.34. The standard InChI is InChI=1S/C21H21N/c1-6-14-22(15-7-1)16-8-13-21-19-11-4-2-9-17(19)18-10-3-5-12-20(18)21/h2-5,8-13,16H,1,6-7,14-15H2/p+1/b16-8+. The van der Waals surface area contributed by atoms with Gasteiger partial charge in [0, 0.05) is 0 Å². The van der Waals surface area contributed by atoms with Gasteiger partial charge in [0.25, 0.3) is 0 Å². The summed E-state index contributed by atoms with van der Waals surface area (Å²) < 4.78 is 0. The molecule has 1 aliphatic heterocycles. The Labute approximate surface area is 132 Å². The Morgan fingerprint density at radius 3 is 1.82 bits per heavy atom. The summed E-state index contributed by atoms with van der Waals surface area (Å²) in [7, 11) is 0. The van der Waals surface area contributed by atoms with Gasteiger partial charge in [-0.2, -0.15) is 0 Å². The average molecular weight is 288 g/mol. The number of allylic oxidation sites excluding steroid dienone is 2. The molecule has 22 heavy (non-hydrogen) atoms. The van der Waals surface area contributed by atoms with Crippen molar-refractivity contribution in [2.75, 3.05) is 13.1 Å². The molecule has 1 nitrogen and oxygen atoms in total. The van der Waals surface area contributed by atoms with E-state index in [0.717, 1.165) is 0 Å². The lowest BCUT2D eigenvalue weighted by Crippen LogP contribution is -3.08. The summed E-state index contributed by atoms with van der Waals surface area (Å²) in [6.45, 7) is 2.57. The molecule has 0 unspecified atom stereocenters. The van der Waals surface area contributed by atoms with E-state index in [4.69, 9.17) is 0 Å². The lowest BCUT2D eigenvalue weighted by atomic mass is 10.0. The number of likely N-dealkylation sites (tertiary alicyclic amines) is 1. The van der Waals surface area contributed by atoms with Gasteiger partial charge in [-0.15, -0.1) is 0 Å². The van der Waals surface area contributed by atoms with Crippen molar-refractivity contribution in [3.8, 4) is 11.1 Å². The molecule has 0 spiro atoms. The molecule has 4 rings (SSSR count). The van der Waals surface area contributed by atoms with Crippen LogP contribution in [0.1, 0.15) is 30.4 Å². The van der Waals surface area contributed by atoms with Crippen LogP contribution in [0.15, 0.2) is 66.9 Å². The van der Waals surface area contributed by atoms with Crippen LogP contribution in [-0.2, 0) is 0 Å². The molecule has 1 heterocycles. The van der Waals surface area contributed by atoms with E-state index in [1.165, 1.54) is 60.2 Å². The number of quaternary nitrogens is 1. The molecule has 0 bridgehead atoms. The monoisotopic (exact) mass is 288 g/mol. The van der Waals surface area contributed by atoms with Gasteiger partial charge in [-0.3, -0.25) is 0 Å². The van der Waals surface area contributed by atoms with Crippen LogP contribution in [0.2, 0.25) is 0 Å². The SMILES string of the molecule is C(/C=C/[NH+]1CCCCC1)=C1c2ccccc2-c2ccccc21. The lowest BCUT2D eigenvalue weighted by molar-refractivity contribution is -0.852. The maximum atomic E-state index is 2.34. The van der Waals surface area contributed by atoms with Crippen molar-refractivity contribution < 1.29 is 4.90 Å². The van der Waals surface area contributed by atoms with Gasteiger partial charge >= 0.3 is 0 Å². The summed E-state index contributed by atoms with van der Waals surface area (Å²) in [5.41, 5.74) is 6.81. The van der Waals surface area contributed by atoms with Gasteiger partial charge < -0.3 is 4.90 Å². The Morgan fingerprint density at radius 2 is 1.23 bits per heavy atom. The number of piperidine rings is 1. The fourth-order valence-electron chi connectivity index (χ4n) is 3.68. The molecule has 1 aliphatic carbocycles. The summed E-state index contributed by atoms with van der Waals surface area (Å²) >= 11 is 0. The summed E-state index contributed by atoms with van der Waals surface area (Å²) in [5, 5.41) is 0. The smallest absolute Gasteiger partial charge is 0.0942 e. The molecule has 2 aliphatic rings. The van der Waals surface area contributed by atoms with Gasteiger partial charge in [0.15, 0.2) is 0 Å². The van der Waals surface area contributed by atoms with Crippen LogP contribution < -0.4 is 4.90 Å². The van der Waals surface area contributed by atoms with Gasteiger partial charge in [0.2, 0.25) is 0 Å². The van der Waals surface area contributed by atoms with Crippen LogP contribution in [0.5, 0.6) is 0 Å². The zero-order valence-electron chi connectivity index (χ0n) is 12.9. The van der Waals surface area contributed by atoms with Crippen LogP contribution >= 0.6 is 0 Å². The van der Waals surface area contributed by atoms with E-state index in [1.807, 2.05) is 0 Å². The summed E-state index contributed by atoms with van der Waals surface area (Å²) in [6, 6.07) is 17.5.